The normalized spacial score (nSPS) is 13.9. The Morgan fingerprint density at radius 3 is 1.78 bits per heavy atom. The standard InChI is InChI=1S/C14H21ClN4.C13H19ClN4/c1-9(14(2,3)4)19(6)11-7-10(15)12-13(17-11)18(5)8-16-12;1-8(13(2,3)4)16-10-6-9(14)11-12(17-10)18(5)7-15-11/h7-9H,1-6H3;6-8H,1-5H3,(H,16,17)/t9-;8-/m00/s1. The third kappa shape index (κ3) is 6.47. The van der Waals surface area contributed by atoms with Gasteiger partial charge in [0.2, 0.25) is 0 Å². The Bertz CT molecular complexity index is 1380. The minimum Gasteiger partial charge on any atom is -0.367 e. The lowest BCUT2D eigenvalue weighted by atomic mass is 9.87. The van der Waals surface area contributed by atoms with E-state index in [4.69, 9.17) is 23.2 Å². The van der Waals surface area contributed by atoms with E-state index in [1.54, 1.807) is 12.7 Å². The number of aromatic nitrogens is 6. The zero-order valence-corrected chi connectivity index (χ0v) is 25.4. The maximum absolute atomic E-state index is 6.30. The molecule has 0 saturated carbocycles. The second-order valence-electron chi connectivity index (χ2n) is 11.9. The van der Waals surface area contributed by atoms with Crippen molar-refractivity contribution in [3.8, 4) is 0 Å². The monoisotopic (exact) mass is 546 g/mol. The quantitative estimate of drug-likeness (QED) is 0.298. The van der Waals surface area contributed by atoms with Crippen LogP contribution in [0.2, 0.25) is 10.0 Å². The van der Waals surface area contributed by atoms with Gasteiger partial charge in [-0.3, -0.25) is 0 Å². The lowest BCUT2D eigenvalue weighted by Gasteiger charge is -2.36. The minimum absolute atomic E-state index is 0.162. The second-order valence-corrected chi connectivity index (χ2v) is 12.7. The van der Waals surface area contributed by atoms with E-state index < -0.39 is 0 Å². The molecule has 8 nitrogen and oxygen atoms in total. The van der Waals surface area contributed by atoms with Crippen LogP contribution in [-0.4, -0.2) is 48.2 Å². The summed E-state index contributed by atoms with van der Waals surface area (Å²) in [5, 5.41) is 4.67. The van der Waals surface area contributed by atoms with E-state index in [2.05, 4.69) is 92.6 Å². The van der Waals surface area contributed by atoms with Crippen molar-refractivity contribution in [2.75, 3.05) is 17.3 Å². The van der Waals surface area contributed by atoms with Gasteiger partial charge in [0.15, 0.2) is 11.3 Å². The first-order valence-corrected chi connectivity index (χ1v) is 13.2. The summed E-state index contributed by atoms with van der Waals surface area (Å²) in [6, 6.07) is 4.37. The first-order valence-electron chi connectivity index (χ1n) is 12.4. The largest absolute Gasteiger partial charge is 0.367 e. The third-order valence-corrected chi connectivity index (χ3v) is 7.67. The molecule has 4 heterocycles. The van der Waals surface area contributed by atoms with E-state index in [0.717, 1.165) is 34.0 Å². The number of pyridine rings is 2. The number of anilines is 2. The molecule has 0 radical (unpaired) electrons. The Kier molecular flexibility index (Phi) is 8.35. The summed E-state index contributed by atoms with van der Waals surface area (Å²) in [7, 11) is 5.89. The molecule has 4 aromatic rings. The number of nitrogens with zero attached hydrogens (tertiary/aromatic N) is 7. The molecule has 1 N–H and O–H groups in total. The molecule has 0 unspecified atom stereocenters. The van der Waals surface area contributed by atoms with Crippen molar-refractivity contribution in [1.29, 1.82) is 0 Å². The lowest BCUT2D eigenvalue weighted by Crippen LogP contribution is -2.39. The number of hydrogen-bond donors (Lipinski definition) is 1. The van der Waals surface area contributed by atoms with Gasteiger partial charge in [-0.15, -0.1) is 0 Å². The summed E-state index contributed by atoms with van der Waals surface area (Å²) in [6.45, 7) is 17.6. The van der Waals surface area contributed by atoms with Gasteiger partial charge in [-0.2, -0.15) is 0 Å². The molecule has 0 saturated heterocycles. The molecule has 0 fully saturated rings. The molecule has 4 rings (SSSR count). The smallest absolute Gasteiger partial charge is 0.163 e. The number of aryl methyl sites for hydroxylation is 2. The second kappa shape index (κ2) is 10.7. The highest BCUT2D eigenvalue weighted by Gasteiger charge is 2.25. The fraction of sp³-hybridized carbons (Fsp3) is 0.556. The molecule has 0 aliphatic rings. The van der Waals surface area contributed by atoms with Gasteiger partial charge in [0.05, 0.1) is 22.7 Å². The maximum atomic E-state index is 6.30. The van der Waals surface area contributed by atoms with E-state index in [1.807, 2.05) is 35.4 Å². The van der Waals surface area contributed by atoms with E-state index in [1.165, 1.54) is 0 Å². The summed E-state index contributed by atoms with van der Waals surface area (Å²) >= 11 is 12.5. The summed E-state index contributed by atoms with van der Waals surface area (Å²) < 4.78 is 3.76. The van der Waals surface area contributed by atoms with Gasteiger partial charge in [0.1, 0.15) is 22.7 Å². The number of fused-ring (bicyclic) bond motifs is 2. The molecule has 37 heavy (non-hydrogen) atoms. The Morgan fingerprint density at radius 2 is 1.30 bits per heavy atom. The van der Waals surface area contributed by atoms with Crippen molar-refractivity contribution < 1.29 is 0 Å². The first-order chi connectivity index (χ1) is 17.0. The van der Waals surface area contributed by atoms with Crippen LogP contribution in [0.4, 0.5) is 11.6 Å². The van der Waals surface area contributed by atoms with Crippen LogP contribution in [0.25, 0.3) is 22.3 Å². The van der Waals surface area contributed by atoms with Crippen LogP contribution >= 0.6 is 23.2 Å². The molecular formula is C27H40Cl2N8. The topological polar surface area (TPSA) is 76.7 Å². The Hall–Kier alpha value is -2.58. The molecule has 0 aromatic carbocycles. The Balaban J connectivity index is 0.000000206. The average molecular weight is 548 g/mol. The van der Waals surface area contributed by atoms with Crippen LogP contribution in [-0.2, 0) is 14.1 Å². The van der Waals surface area contributed by atoms with Crippen molar-refractivity contribution in [3.63, 3.8) is 0 Å². The molecule has 4 aromatic heterocycles. The summed E-state index contributed by atoms with van der Waals surface area (Å²) in [4.78, 5) is 19.9. The third-order valence-electron chi connectivity index (χ3n) is 7.09. The van der Waals surface area contributed by atoms with Crippen molar-refractivity contribution in [3.05, 3.63) is 34.8 Å². The molecule has 202 valence electrons. The summed E-state index contributed by atoms with van der Waals surface area (Å²) in [6.07, 6.45) is 3.46. The summed E-state index contributed by atoms with van der Waals surface area (Å²) in [5.41, 5.74) is 3.44. The molecule has 0 amide bonds. The van der Waals surface area contributed by atoms with Crippen LogP contribution in [0.5, 0.6) is 0 Å². The Labute approximate surface area is 230 Å². The van der Waals surface area contributed by atoms with E-state index in [-0.39, 0.29) is 10.8 Å². The van der Waals surface area contributed by atoms with Crippen molar-refractivity contribution >= 4 is 57.2 Å². The molecule has 0 aliphatic heterocycles. The van der Waals surface area contributed by atoms with Crippen LogP contribution in [0, 0.1) is 10.8 Å². The molecule has 2 atom stereocenters. The number of rotatable bonds is 4. The van der Waals surface area contributed by atoms with E-state index in [9.17, 15) is 0 Å². The van der Waals surface area contributed by atoms with Crippen molar-refractivity contribution in [2.24, 2.45) is 24.9 Å². The van der Waals surface area contributed by atoms with Gasteiger partial charge in [-0.25, -0.2) is 19.9 Å². The number of halogens is 2. The van der Waals surface area contributed by atoms with E-state index >= 15 is 0 Å². The predicted molar refractivity (Wildman–Crippen MR) is 157 cm³/mol. The van der Waals surface area contributed by atoms with E-state index in [0.29, 0.717) is 22.1 Å². The van der Waals surface area contributed by atoms with Gasteiger partial charge in [0.25, 0.3) is 0 Å². The summed E-state index contributed by atoms with van der Waals surface area (Å²) in [5.74, 6) is 1.67. The number of nitrogens with one attached hydrogen (secondary N) is 1. The molecular weight excluding hydrogens is 507 g/mol. The molecule has 0 spiro atoms. The highest BCUT2D eigenvalue weighted by Crippen LogP contribution is 2.30. The van der Waals surface area contributed by atoms with Gasteiger partial charge in [-0.1, -0.05) is 64.7 Å². The zero-order valence-electron chi connectivity index (χ0n) is 23.9. The average Bonchev–Trinajstić information content (AvgIpc) is 3.35. The highest BCUT2D eigenvalue weighted by atomic mass is 35.5. The van der Waals surface area contributed by atoms with Crippen LogP contribution in [0.15, 0.2) is 24.8 Å². The van der Waals surface area contributed by atoms with Gasteiger partial charge in [-0.05, 0) is 24.7 Å². The van der Waals surface area contributed by atoms with Gasteiger partial charge >= 0.3 is 0 Å². The minimum atomic E-state index is 0.162. The number of hydrogen-bond acceptors (Lipinski definition) is 6. The Morgan fingerprint density at radius 1 is 0.811 bits per heavy atom. The maximum Gasteiger partial charge on any atom is 0.163 e. The number of imidazole rings is 2. The highest BCUT2D eigenvalue weighted by molar-refractivity contribution is 6.35. The van der Waals surface area contributed by atoms with Gasteiger partial charge in [0, 0.05) is 45.4 Å². The fourth-order valence-electron chi connectivity index (χ4n) is 3.58. The van der Waals surface area contributed by atoms with Crippen molar-refractivity contribution in [1.82, 2.24) is 29.1 Å². The zero-order chi connectivity index (χ0) is 27.9. The SMILES string of the molecule is C[C@H](N(C)c1cc(Cl)c2ncn(C)c2n1)C(C)(C)C.C[C@H](Nc1cc(Cl)c2ncn(C)c2n1)C(C)(C)C. The van der Waals surface area contributed by atoms with Crippen LogP contribution in [0.3, 0.4) is 0 Å². The first kappa shape index (κ1) is 29.0. The molecule has 0 bridgehead atoms. The molecule has 10 heteroatoms. The fourth-order valence-corrected chi connectivity index (χ4v) is 4.05. The molecule has 0 aliphatic carbocycles. The van der Waals surface area contributed by atoms with Crippen LogP contribution in [0.1, 0.15) is 55.4 Å². The van der Waals surface area contributed by atoms with Gasteiger partial charge < -0.3 is 19.4 Å². The van der Waals surface area contributed by atoms with Crippen LogP contribution < -0.4 is 10.2 Å². The predicted octanol–water partition coefficient (Wildman–Crippen LogP) is 6.96. The van der Waals surface area contributed by atoms with Crippen molar-refractivity contribution in [2.45, 2.75) is 67.5 Å². The lowest BCUT2D eigenvalue weighted by molar-refractivity contribution is 0.328.